The van der Waals surface area contributed by atoms with E-state index in [9.17, 15) is 18.0 Å². The summed E-state index contributed by atoms with van der Waals surface area (Å²) in [6.45, 7) is 7.12. The summed E-state index contributed by atoms with van der Waals surface area (Å²) in [6, 6.07) is 10.3. The molecule has 0 saturated heterocycles. The van der Waals surface area contributed by atoms with Crippen LogP contribution in [-0.4, -0.2) is 27.7 Å². The van der Waals surface area contributed by atoms with Gasteiger partial charge in [0.15, 0.2) is 0 Å². The topological polar surface area (TPSA) is 50.8 Å². The highest BCUT2D eigenvalue weighted by Gasteiger charge is 2.31. The zero-order valence-corrected chi connectivity index (χ0v) is 19.1. The molecule has 0 aromatic heterocycles. The number of benzene rings is 2. The van der Waals surface area contributed by atoms with E-state index in [2.05, 4.69) is 5.32 Å². The Morgan fingerprint density at radius 3 is 2.41 bits per heavy atom. The zero-order chi connectivity index (χ0) is 23.7. The van der Waals surface area contributed by atoms with Crippen molar-refractivity contribution < 1.29 is 27.4 Å². The van der Waals surface area contributed by atoms with Gasteiger partial charge in [-0.15, -0.1) is 0 Å². The normalized spacial score (nSPS) is 16.0. The highest BCUT2D eigenvalue weighted by molar-refractivity contribution is 7.80. The molecule has 0 spiro atoms. The largest absolute Gasteiger partial charge is 0.481 e. The molecule has 1 amide bonds. The van der Waals surface area contributed by atoms with Crippen molar-refractivity contribution >= 4 is 29.0 Å². The van der Waals surface area contributed by atoms with E-state index in [1.54, 1.807) is 45.0 Å². The van der Waals surface area contributed by atoms with Crippen molar-refractivity contribution in [2.24, 2.45) is 0 Å². The molecule has 0 radical (unpaired) electrons. The van der Waals surface area contributed by atoms with Crippen molar-refractivity contribution in [2.45, 2.75) is 58.7 Å². The van der Waals surface area contributed by atoms with Crippen LogP contribution in [0.2, 0.25) is 0 Å². The molecular weight excluding hydrogens is 441 g/mol. The lowest BCUT2D eigenvalue weighted by Crippen LogP contribution is -2.36. The minimum Gasteiger partial charge on any atom is -0.481 e. The summed E-state index contributed by atoms with van der Waals surface area (Å²) in [5.41, 5.74) is 0.248. The molecule has 1 aliphatic heterocycles. The van der Waals surface area contributed by atoms with Crippen molar-refractivity contribution in [1.29, 1.82) is 0 Å². The number of hydrogen-bond acceptors (Lipinski definition) is 4. The SMILES string of the molecule is CC1Oc2ccc(CN(Cc3cccc(C(F)(F)F)c3)C(=O)OC(C)(C)C)cc2NC1=S. The van der Waals surface area contributed by atoms with Crippen molar-refractivity contribution in [3.8, 4) is 5.75 Å². The number of amides is 1. The molecule has 0 aliphatic carbocycles. The smallest absolute Gasteiger partial charge is 0.416 e. The van der Waals surface area contributed by atoms with Gasteiger partial charge in [-0.1, -0.05) is 30.4 Å². The van der Waals surface area contributed by atoms with Crippen LogP contribution in [0.3, 0.4) is 0 Å². The van der Waals surface area contributed by atoms with Crippen molar-refractivity contribution in [2.75, 3.05) is 5.32 Å². The molecule has 2 aromatic rings. The molecule has 0 fully saturated rings. The maximum Gasteiger partial charge on any atom is 0.416 e. The summed E-state index contributed by atoms with van der Waals surface area (Å²) < 4.78 is 50.6. The van der Waals surface area contributed by atoms with Gasteiger partial charge in [-0.25, -0.2) is 4.79 Å². The number of carbonyl (C=O) groups excluding carboxylic acids is 1. The summed E-state index contributed by atoms with van der Waals surface area (Å²) in [7, 11) is 0. The molecule has 9 heteroatoms. The highest BCUT2D eigenvalue weighted by Crippen LogP contribution is 2.32. The summed E-state index contributed by atoms with van der Waals surface area (Å²) in [4.78, 5) is 14.8. The van der Waals surface area contributed by atoms with E-state index in [1.807, 2.05) is 6.92 Å². The predicted octanol–water partition coefficient (Wildman–Crippen LogP) is 6.16. The third-order valence-electron chi connectivity index (χ3n) is 4.63. The fraction of sp³-hybridized carbons (Fsp3) is 0.391. The minimum absolute atomic E-state index is 0.0463. The number of nitrogens with one attached hydrogen (secondary N) is 1. The molecule has 2 aromatic carbocycles. The summed E-state index contributed by atoms with van der Waals surface area (Å²) in [6.07, 6.45) is -5.34. The van der Waals surface area contributed by atoms with Gasteiger partial charge >= 0.3 is 12.3 Å². The van der Waals surface area contributed by atoms with Crippen LogP contribution < -0.4 is 10.1 Å². The molecule has 1 heterocycles. The van der Waals surface area contributed by atoms with E-state index in [0.29, 0.717) is 22.0 Å². The average Bonchev–Trinajstić information content (AvgIpc) is 2.67. The number of anilines is 1. The van der Waals surface area contributed by atoms with Crippen molar-refractivity contribution in [3.05, 3.63) is 59.2 Å². The number of fused-ring (bicyclic) bond motifs is 1. The Kier molecular flexibility index (Phi) is 6.69. The lowest BCUT2D eigenvalue weighted by Gasteiger charge is -2.29. The van der Waals surface area contributed by atoms with Crippen LogP contribution in [0.25, 0.3) is 0 Å². The van der Waals surface area contributed by atoms with E-state index in [4.69, 9.17) is 21.7 Å². The number of carbonyl (C=O) groups is 1. The Bertz CT molecular complexity index is 1020. The van der Waals surface area contributed by atoms with E-state index in [0.717, 1.165) is 17.7 Å². The molecule has 1 aliphatic rings. The van der Waals surface area contributed by atoms with E-state index in [-0.39, 0.29) is 19.2 Å². The number of nitrogens with zero attached hydrogens (tertiary/aromatic N) is 1. The Hall–Kier alpha value is -2.81. The second-order valence-corrected chi connectivity index (χ2v) is 9.05. The fourth-order valence-corrected chi connectivity index (χ4v) is 3.31. The maximum absolute atomic E-state index is 13.1. The second kappa shape index (κ2) is 8.97. The predicted molar refractivity (Wildman–Crippen MR) is 120 cm³/mol. The monoisotopic (exact) mass is 466 g/mol. The average molecular weight is 467 g/mol. The number of thiocarbonyl (C=S) groups is 1. The van der Waals surface area contributed by atoms with Crippen LogP contribution in [0, 0.1) is 0 Å². The minimum atomic E-state index is -4.47. The van der Waals surface area contributed by atoms with Crippen molar-refractivity contribution in [3.63, 3.8) is 0 Å². The van der Waals surface area contributed by atoms with Gasteiger partial charge in [0, 0.05) is 13.1 Å². The zero-order valence-electron chi connectivity index (χ0n) is 18.2. The van der Waals surface area contributed by atoms with Crippen LogP contribution in [-0.2, 0) is 24.0 Å². The van der Waals surface area contributed by atoms with Crippen LogP contribution in [0.5, 0.6) is 5.75 Å². The first kappa shape index (κ1) is 23.8. The molecule has 1 unspecified atom stereocenters. The first-order valence-corrected chi connectivity index (χ1v) is 10.5. The van der Waals surface area contributed by atoms with Crippen molar-refractivity contribution in [1.82, 2.24) is 4.90 Å². The number of halogens is 3. The molecule has 1 N–H and O–H groups in total. The summed E-state index contributed by atoms with van der Waals surface area (Å²) >= 11 is 5.25. The van der Waals surface area contributed by atoms with Crippen LogP contribution in [0.1, 0.15) is 44.4 Å². The number of alkyl halides is 3. The molecular formula is C23H25F3N2O3S. The third kappa shape index (κ3) is 6.12. The van der Waals surface area contributed by atoms with Gasteiger partial charge in [-0.05, 0) is 63.1 Å². The fourth-order valence-electron chi connectivity index (χ4n) is 3.15. The lowest BCUT2D eigenvalue weighted by molar-refractivity contribution is -0.137. The van der Waals surface area contributed by atoms with Gasteiger partial charge in [0.25, 0.3) is 0 Å². The van der Waals surface area contributed by atoms with Crippen LogP contribution in [0.4, 0.5) is 23.7 Å². The number of ether oxygens (including phenoxy) is 2. The Balaban J connectivity index is 1.86. The summed E-state index contributed by atoms with van der Waals surface area (Å²) in [5.74, 6) is 0.636. The molecule has 1 atom stereocenters. The first-order valence-electron chi connectivity index (χ1n) is 10.1. The van der Waals surface area contributed by atoms with Gasteiger partial charge in [0.2, 0.25) is 0 Å². The van der Waals surface area contributed by atoms with Gasteiger partial charge in [-0.3, -0.25) is 4.90 Å². The third-order valence-corrected chi connectivity index (χ3v) is 5.06. The Labute approximate surface area is 190 Å². The van der Waals surface area contributed by atoms with E-state index < -0.39 is 23.4 Å². The van der Waals surface area contributed by atoms with Crippen LogP contribution >= 0.6 is 12.2 Å². The van der Waals surface area contributed by atoms with Gasteiger partial charge < -0.3 is 14.8 Å². The standard InChI is InChI=1S/C23H25F3N2O3S/c1-14-20(32)27-18-11-16(8-9-19(18)30-14)13-28(21(29)31-22(2,3)4)12-15-6-5-7-17(10-15)23(24,25)26/h5-11,14H,12-13H2,1-4H3,(H,27,32). The van der Waals surface area contributed by atoms with Gasteiger partial charge in [-0.2, -0.15) is 13.2 Å². The molecule has 5 nitrogen and oxygen atoms in total. The highest BCUT2D eigenvalue weighted by atomic mass is 32.1. The van der Waals surface area contributed by atoms with E-state index >= 15 is 0 Å². The molecule has 0 saturated carbocycles. The number of hydrogen-bond donors (Lipinski definition) is 1. The van der Waals surface area contributed by atoms with Crippen LogP contribution in [0.15, 0.2) is 42.5 Å². The molecule has 32 heavy (non-hydrogen) atoms. The quantitative estimate of drug-likeness (QED) is 0.547. The van der Waals surface area contributed by atoms with Gasteiger partial charge in [0.05, 0.1) is 11.3 Å². The van der Waals surface area contributed by atoms with E-state index in [1.165, 1.54) is 11.0 Å². The Morgan fingerprint density at radius 1 is 1.12 bits per heavy atom. The summed E-state index contributed by atoms with van der Waals surface area (Å²) in [5, 5.41) is 3.11. The van der Waals surface area contributed by atoms with Gasteiger partial charge in [0.1, 0.15) is 22.4 Å². The molecule has 0 bridgehead atoms. The number of rotatable bonds is 4. The second-order valence-electron chi connectivity index (χ2n) is 8.61. The maximum atomic E-state index is 13.1. The lowest BCUT2D eigenvalue weighted by atomic mass is 10.1. The molecule has 3 rings (SSSR count). The molecule has 172 valence electrons. The first-order chi connectivity index (χ1) is 14.8. The Morgan fingerprint density at radius 2 is 1.78 bits per heavy atom.